The molecule has 2 atom stereocenters. The summed E-state index contributed by atoms with van der Waals surface area (Å²) >= 11 is 0. The van der Waals surface area contributed by atoms with E-state index in [2.05, 4.69) is 10.6 Å². The van der Waals surface area contributed by atoms with Crippen LogP contribution in [0.5, 0.6) is 0 Å². The van der Waals surface area contributed by atoms with Gasteiger partial charge in [-0.15, -0.1) is 0 Å². The van der Waals surface area contributed by atoms with Crippen LogP contribution in [0.3, 0.4) is 0 Å². The van der Waals surface area contributed by atoms with Crippen molar-refractivity contribution >= 4 is 11.8 Å². The zero-order chi connectivity index (χ0) is 10.6. The van der Waals surface area contributed by atoms with Gasteiger partial charge in [0.25, 0.3) is 0 Å². The Morgan fingerprint density at radius 3 is 2.57 bits per heavy atom. The van der Waals surface area contributed by atoms with Gasteiger partial charge < -0.3 is 10.6 Å². The molecule has 14 heavy (non-hydrogen) atoms. The fourth-order valence-electron chi connectivity index (χ4n) is 2.05. The first-order valence-electron chi connectivity index (χ1n) is 5.12. The van der Waals surface area contributed by atoms with Gasteiger partial charge in [0.2, 0.25) is 11.8 Å². The molecule has 0 saturated heterocycles. The first kappa shape index (κ1) is 11.0. The summed E-state index contributed by atoms with van der Waals surface area (Å²) in [5.74, 6) is 0.165. The second kappa shape index (κ2) is 4.98. The maximum Gasteiger partial charge on any atom is 0.222 e. The Kier molecular flexibility index (Phi) is 3.92. The van der Waals surface area contributed by atoms with Crippen molar-refractivity contribution in [1.29, 1.82) is 0 Å². The minimum atomic E-state index is -0.00689. The van der Waals surface area contributed by atoms with E-state index >= 15 is 0 Å². The monoisotopic (exact) mass is 198 g/mol. The van der Waals surface area contributed by atoms with Gasteiger partial charge in [-0.1, -0.05) is 6.42 Å². The van der Waals surface area contributed by atoms with Gasteiger partial charge in [-0.3, -0.25) is 9.59 Å². The molecule has 0 aliphatic heterocycles. The number of rotatable bonds is 2. The van der Waals surface area contributed by atoms with Crippen molar-refractivity contribution in [2.24, 2.45) is 5.92 Å². The number of nitrogens with one attached hydrogen (secondary N) is 2. The maximum atomic E-state index is 11.4. The Morgan fingerprint density at radius 2 is 2.00 bits per heavy atom. The molecule has 2 amide bonds. The molecule has 80 valence electrons. The van der Waals surface area contributed by atoms with Gasteiger partial charge in [-0.05, 0) is 19.3 Å². The Morgan fingerprint density at radius 1 is 1.29 bits per heavy atom. The zero-order valence-corrected chi connectivity index (χ0v) is 8.80. The molecule has 1 aliphatic rings. The van der Waals surface area contributed by atoms with Crippen LogP contribution in [-0.4, -0.2) is 24.9 Å². The average Bonchev–Trinajstić information content (AvgIpc) is 2.16. The van der Waals surface area contributed by atoms with Crippen LogP contribution in [0.15, 0.2) is 0 Å². The van der Waals surface area contributed by atoms with Crippen molar-refractivity contribution in [3.63, 3.8) is 0 Å². The molecule has 1 saturated carbocycles. The van der Waals surface area contributed by atoms with Gasteiger partial charge in [0.1, 0.15) is 0 Å². The summed E-state index contributed by atoms with van der Waals surface area (Å²) in [5, 5.41) is 5.53. The zero-order valence-electron chi connectivity index (χ0n) is 8.80. The third-order valence-corrected chi connectivity index (χ3v) is 2.70. The number of carbonyl (C=O) groups excluding carboxylic acids is 2. The molecule has 4 heteroatoms. The van der Waals surface area contributed by atoms with Gasteiger partial charge in [0.15, 0.2) is 0 Å². The van der Waals surface area contributed by atoms with Crippen LogP contribution in [-0.2, 0) is 9.59 Å². The third kappa shape index (κ3) is 3.01. The highest BCUT2D eigenvalue weighted by atomic mass is 16.2. The molecule has 0 aromatic rings. The van der Waals surface area contributed by atoms with E-state index in [9.17, 15) is 9.59 Å². The predicted octanol–water partition coefficient (Wildman–Crippen LogP) is 0.427. The molecule has 0 aromatic carbocycles. The Hall–Kier alpha value is -1.06. The van der Waals surface area contributed by atoms with E-state index in [0.29, 0.717) is 0 Å². The lowest BCUT2D eigenvalue weighted by atomic mass is 9.85. The normalized spacial score (nSPS) is 26.7. The van der Waals surface area contributed by atoms with Crippen molar-refractivity contribution in [3.05, 3.63) is 0 Å². The van der Waals surface area contributed by atoms with Gasteiger partial charge >= 0.3 is 0 Å². The summed E-state index contributed by atoms with van der Waals surface area (Å²) in [7, 11) is 1.66. The Bertz CT molecular complexity index is 228. The minimum Gasteiger partial charge on any atom is -0.359 e. The third-order valence-electron chi connectivity index (χ3n) is 2.70. The van der Waals surface area contributed by atoms with Gasteiger partial charge in [0, 0.05) is 25.9 Å². The van der Waals surface area contributed by atoms with Crippen molar-refractivity contribution in [2.45, 2.75) is 38.6 Å². The SMILES string of the molecule is CNC(=O)C1CCCC(NC(C)=O)C1. The standard InChI is InChI=1S/C10H18N2O2/c1-7(13)12-9-5-3-4-8(6-9)10(14)11-2/h8-9H,3-6H2,1-2H3,(H,11,14)(H,12,13). The molecule has 1 aliphatic carbocycles. The first-order chi connectivity index (χ1) is 6.63. The summed E-state index contributed by atoms with van der Waals surface area (Å²) in [5.41, 5.74) is 0. The topological polar surface area (TPSA) is 58.2 Å². The van der Waals surface area contributed by atoms with Crippen molar-refractivity contribution in [1.82, 2.24) is 10.6 Å². The minimum absolute atomic E-state index is 0.00689. The lowest BCUT2D eigenvalue weighted by Gasteiger charge is -2.28. The first-order valence-corrected chi connectivity index (χ1v) is 5.12. The van der Waals surface area contributed by atoms with E-state index in [1.807, 2.05) is 0 Å². The summed E-state index contributed by atoms with van der Waals surface area (Å²) in [4.78, 5) is 22.2. The molecule has 0 aromatic heterocycles. The van der Waals surface area contributed by atoms with E-state index < -0.39 is 0 Å². The fourth-order valence-corrected chi connectivity index (χ4v) is 2.05. The van der Waals surface area contributed by atoms with Gasteiger partial charge in [0.05, 0.1) is 0 Å². The molecule has 2 N–H and O–H groups in total. The van der Waals surface area contributed by atoms with Crippen molar-refractivity contribution in [3.8, 4) is 0 Å². The lowest BCUT2D eigenvalue weighted by Crippen LogP contribution is -2.41. The number of carbonyl (C=O) groups is 2. The Balaban J connectivity index is 2.43. The number of hydrogen-bond acceptors (Lipinski definition) is 2. The van der Waals surface area contributed by atoms with Crippen molar-refractivity contribution < 1.29 is 9.59 Å². The van der Waals surface area contributed by atoms with Crippen LogP contribution in [0, 0.1) is 5.92 Å². The van der Waals surface area contributed by atoms with Crippen LogP contribution in [0.4, 0.5) is 0 Å². The molecule has 4 nitrogen and oxygen atoms in total. The average molecular weight is 198 g/mol. The summed E-state index contributed by atoms with van der Waals surface area (Å²) in [6.07, 6.45) is 3.73. The lowest BCUT2D eigenvalue weighted by molar-refractivity contribution is -0.126. The quantitative estimate of drug-likeness (QED) is 0.676. The number of hydrogen-bond donors (Lipinski definition) is 2. The van der Waals surface area contributed by atoms with Crippen molar-refractivity contribution in [2.75, 3.05) is 7.05 Å². The van der Waals surface area contributed by atoms with Crippen LogP contribution >= 0.6 is 0 Å². The molecule has 1 fully saturated rings. The maximum absolute atomic E-state index is 11.4. The molecular weight excluding hydrogens is 180 g/mol. The van der Waals surface area contributed by atoms with E-state index in [1.54, 1.807) is 7.05 Å². The second-order valence-electron chi connectivity index (χ2n) is 3.88. The predicted molar refractivity (Wildman–Crippen MR) is 53.6 cm³/mol. The number of amides is 2. The van der Waals surface area contributed by atoms with Crippen LogP contribution in [0.25, 0.3) is 0 Å². The molecule has 0 bridgehead atoms. The van der Waals surface area contributed by atoms with E-state index in [4.69, 9.17) is 0 Å². The summed E-state index contributed by atoms with van der Waals surface area (Å²) < 4.78 is 0. The van der Waals surface area contributed by atoms with Crippen LogP contribution in [0.2, 0.25) is 0 Å². The summed E-state index contributed by atoms with van der Waals surface area (Å²) in [6, 6.07) is 0.184. The Labute approximate surface area is 84.4 Å². The summed E-state index contributed by atoms with van der Waals surface area (Å²) in [6.45, 7) is 1.52. The smallest absolute Gasteiger partial charge is 0.222 e. The van der Waals surface area contributed by atoms with E-state index in [1.165, 1.54) is 6.92 Å². The molecular formula is C10H18N2O2. The van der Waals surface area contributed by atoms with E-state index in [-0.39, 0.29) is 23.8 Å². The molecule has 2 unspecified atom stereocenters. The molecule has 0 heterocycles. The molecule has 0 spiro atoms. The second-order valence-corrected chi connectivity index (χ2v) is 3.88. The van der Waals surface area contributed by atoms with E-state index in [0.717, 1.165) is 25.7 Å². The highest BCUT2D eigenvalue weighted by Gasteiger charge is 2.26. The van der Waals surface area contributed by atoms with Gasteiger partial charge in [-0.25, -0.2) is 0 Å². The van der Waals surface area contributed by atoms with Crippen LogP contribution < -0.4 is 10.6 Å². The largest absolute Gasteiger partial charge is 0.359 e. The van der Waals surface area contributed by atoms with Gasteiger partial charge in [-0.2, -0.15) is 0 Å². The highest BCUT2D eigenvalue weighted by molar-refractivity contribution is 5.78. The molecule has 1 rings (SSSR count). The fraction of sp³-hybridized carbons (Fsp3) is 0.800. The van der Waals surface area contributed by atoms with Crippen LogP contribution in [0.1, 0.15) is 32.6 Å². The highest BCUT2D eigenvalue weighted by Crippen LogP contribution is 2.24. The molecule has 0 radical (unpaired) electrons.